The van der Waals surface area contributed by atoms with Crippen molar-refractivity contribution >= 4 is 36.8 Å². The molecule has 0 spiro atoms. The summed E-state index contributed by atoms with van der Waals surface area (Å²) in [6.45, 7) is 14.1. The van der Waals surface area contributed by atoms with Crippen molar-refractivity contribution < 1.29 is 71.5 Å². The second-order valence-electron chi connectivity index (χ2n) is 20.6. The summed E-state index contributed by atoms with van der Waals surface area (Å²) in [4.78, 5) is 72.3. The monoisotopic (exact) mass is 1010 g/mol. The third-order valence-electron chi connectivity index (χ3n) is 15.1. The Kier molecular flexibility index (Phi) is 23.1. The number of rotatable bonds is 9. The van der Waals surface area contributed by atoms with E-state index in [0.29, 0.717) is 69.8 Å². The first-order chi connectivity index (χ1) is 33.0. The summed E-state index contributed by atoms with van der Waals surface area (Å²) < 4.78 is 53.4. The number of amides is 1. The quantitative estimate of drug-likeness (QED) is 0.0982. The number of aliphatic hydroxyl groups is 2. The number of fused-ring (bicyclic) bond motifs is 3. The maximum Gasteiger partial charge on any atom is 0.329 e. The summed E-state index contributed by atoms with van der Waals surface area (Å²) in [7, 11) is 2.55. The van der Waals surface area contributed by atoms with Gasteiger partial charge in [-0.3, -0.25) is 23.7 Å². The fourth-order valence-corrected chi connectivity index (χ4v) is 11.3. The molecule has 0 radical (unpaired) electrons. The van der Waals surface area contributed by atoms with E-state index in [1.165, 1.54) is 25.8 Å². The van der Waals surface area contributed by atoms with E-state index in [2.05, 4.69) is 0 Å². The van der Waals surface area contributed by atoms with Gasteiger partial charge in [0.15, 0.2) is 5.78 Å². The average Bonchev–Trinajstić information content (AvgIpc) is 3.33. The number of esters is 1. The van der Waals surface area contributed by atoms with E-state index in [1.807, 2.05) is 58.1 Å². The van der Waals surface area contributed by atoms with Gasteiger partial charge in [0.2, 0.25) is 5.79 Å². The number of ketones is 3. The van der Waals surface area contributed by atoms with E-state index in [4.69, 9.17) is 32.7 Å². The molecular formula is C53H84NO15P. The normalized spacial score (nSPS) is 38.1. The Morgan fingerprint density at radius 2 is 1.57 bits per heavy atom. The van der Waals surface area contributed by atoms with Gasteiger partial charge in [-0.15, -0.1) is 0 Å². The van der Waals surface area contributed by atoms with Gasteiger partial charge in [-0.05, 0) is 107 Å². The third-order valence-corrected chi connectivity index (χ3v) is 16.4. The number of Topliss-reactive ketones (excluding diaryl/α,β-unsaturated/α-hetero) is 3. The van der Waals surface area contributed by atoms with Crippen LogP contribution < -0.4 is 0 Å². The fraction of sp³-hybridized carbons (Fsp3) is 0.755. The highest BCUT2D eigenvalue weighted by molar-refractivity contribution is 7.52. The van der Waals surface area contributed by atoms with Crippen LogP contribution in [-0.2, 0) is 61.3 Å². The number of hydrogen-bond donors (Lipinski definition) is 2. The highest BCUT2D eigenvalue weighted by atomic mass is 31.2. The number of carbonyl (C=O) groups is 5. The van der Waals surface area contributed by atoms with Crippen LogP contribution in [0.15, 0.2) is 47.6 Å². The molecule has 0 aromatic rings. The molecule has 3 heterocycles. The van der Waals surface area contributed by atoms with Crippen LogP contribution in [0.1, 0.15) is 126 Å². The maximum absolute atomic E-state index is 14.5. The van der Waals surface area contributed by atoms with Gasteiger partial charge < -0.3 is 47.8 Å². The summed E-state index contributed by atoms with van der Waals surface area (Å²) in [6.07, 6.45) is 10.8. The highest BCUT2D eigenvalue weighted by Crippen LogP contribution is 2.48. The van der Waals surface area contributed by atoms with Gasteiger partial charge in [0.25, 0.3) is 11.7 Å². The molecule has 17 heteroatoms. The van der Waals surface area contributed by atoms with Crippen LogP contribution in [0.25, 0.3) is 0 Å². The lowest BCUT2D eigenvalue weighted by Gasteiger charge is -2.42. The van der Waals surface area contributed by atoms with Gasteiger partial charge in [0.05, 0.1) is 24.4 Å². The van der Waals surface area contributed by atoms with Crippen molar-refractivity contribution in [3.63, 3.8) is 0 Å². The molecule has 4 aliphatic rings. The molecule has 0 aromatic carbocycles. The zero-order valence-electron chi connectivity index (χ0n) is 43.8. The van der Waals surface area contributed by atoms with Crippen molar-refractivity contribution in [1.82, 2.24) is 4.90 Å². The lowest BCUT2D eigenvalue weighted by Crippen LogP contribution is -2.61. The zero-order chi connectivity index (χ0) is 52.1. The van der Waals surface area contributed by atoms with Crippen molar-refractivity contribution in [3.8, 4) is 0 Å². The number of methoxy groups -OCH3 is 3. The Labute approximate surface area is 416 Å². The number of piperidine rings is 1. The molecule has 2 N–H and O–H groups in total. The van der Waals surface area contributed by atoms with Crippen molar-refractivity contribution in [2.24, 2.45) is 35.5 Å². The molecule has 16 atom stereocenters. The van der Waals surface area contributed by atoms with Gasteiger partial charge in [-0.1, -0.05) is 71.1 Å². The Morgan fingerprint density at radius 3 is 2.23 bits per heavy atom. The highest BCUT2D eigenvalue weighted by Gasteiger charge is 2.53. The number of carbonyl (C=O) groups excluding carboxylic acids is 5. The Hall–Kier alpha value is -3.18. The molecule has 1 aliphatic carbocycles. The summed E-state index contributed by atoms with van der Waals surface area (Å²) in [5.41, 5.74) is 1.24. The number of aliphatic hydroxyl groups excluding tert-OH is 1. The van der Waals surface area contributed by atoms with Gasteiger partial charge in [0, 0.05) is 72.2 Å². The average molecular weight is 1010 g/mol. The summed E-state index contributed by atoms with van der Waals surface area (Å²) in [5.74, 6) is -8.26. The minimum atomic E-state index is -3.30. The molecule has 3 aliphatic heterocycles. The van der Waals surface area contributed by atoms with Crippen LogP contribution in [-0.4, -0.2) is 141 Å². The van der Waals surface area contributed by atoms with Gasteiger partial charge in [0.1, 0.15) is 30.1 Å². The number of allylic oxidation sites excluding steroid dienone is 6. The molecule has 4 rings (SSSR count). The SMILES string of the molecule is CO[C@H]1CC2CC[C@@H](C)[C@@](O)(O2)C(=O)C(=O)N2CCCCC2C(=O)O[C@H]([C@H](C)C[C@@H]2CC[C@@H](OP(C)(=O)OC)[C@H](OC)C2)CC(=O)[C@H](C)/C=C(\C)[C@@H](O)[C@@H](OC)C(=O)[C@H](C)C[C@H](C)/C=C/C=CC=C1C. The second kappa shape index (κ2) is 27.2. The number of ether oxygens (including phenoxy) is 5. The van der Waals surface area contributed by atoms with E-state index in [9.17, 15) is 38.8 Å². The number of hydrogen-bond acceptors (Lipinski definition) is 15. The number of nitrogens with zero attached hydrogens (tertiary/aromatic N) is 1. The topological polar surface area (TPSA) is 211 Å². The molecule has 16 nitrogen and oxygen atoms in total. The minimum absolute atomic E-state index is 0.00690. The van der Waals surface area contributed by atoms with Crippen LogP contribution in [0, 0.1) is 35.5 Å². The van der Waals surface area contributed by atoms with Crippen LogP contribution in [0.2, 0.25) is 0 Å². The van der Waals surface area contributed by atoms with Crippen LogP contribution >= 0.6 is 7.60 Å². The standard InChI is InChI=1S/C53H84NO15P/c1-32-18-14-13-15-19-33(2)44(63-8)30-40-23-21-38(7)53(61,68-40)50(58)51(59)54-25-17-16-20-41(54)52(60)67-45(35(4)28-39-22-24-43(46(29-39)64-9)69-70(12,62)66-11)31-42(55)34(3)27-37(6)48(57)49(65-10)47(56)36(5)26-32/h13-15,18-19,27,32,34-36,38-41,43-46,48-49,57,61H,16-17,20-26,28-31H2,1-12H3/b15-13?,18-14+,33-19?,37-27+/t32-,34-,35-,36-,38-,39+,40?,41?,43-,44+,45+,46-,48-,49+,53-,70?/m1/s1. The summed E-state index contributed by atoms with van der Waals surface area (Å²) >= 11 is 0. The van der Waals surface area contributed by atoms with Crippen LogP contribution in [0.3, 0.4) is 0 Å². The molecule has 3 fully saturated rings. The molecular weight excluding hydrogens is 922 g/mol. The van der Waals surface area contributed by atoms with Crippen LogP contribution in [0.5, 0.6) is 0 Å². The van der Waals surface area contributed by atoms with E-state index < -0.39 is 97.6 Å². The van der Waals surface area contributed by atoms with Gasteiger partial charge in [-0.2, -0.15) is 0 Å². The van der Waals surface area contributed by atoms with E-state index in [-0.39, 0.29) is 48.7 Å². The Bertz CT molecular complexity index is 1970. The Morgan fingerprint density at radius 1 is 0.857 bits per heavy atom. The smallest absolute Gasteiger partial charge is 0.329 e. The Balaban J connectivity index is 1.70. The van der Waals surface area contributed by atoms with Crippen LogP contribution in [0.4, 0.5) is 0 Å². The van der Waals surface area contributed by atoms with E-state index in [0.717, 1.165) is 5.57 Å². The minimum Gasteiger partial charge on any atom is -0.460 e. The molecule has 70 heavy (non-hydrogen) atoms. The first-order valence-electron chi connectivity index (χ1n) is 25.3. The largest absolute Gasteiger partial charge is 0.460 e. The summed E-state index contributed by atoms with van der Waals surface area (Å²) in [5, 5.41) is 23.5. The maximum atomic E-state index is 14.5. The molecule has 2 saturated heterocycles. The van der Waals surface area contributed by atoms with Crippen molar-refractivity contribution in [2.75, 3.05) is 41.6 Å². The van der Waals surface area contributed by atoms with Gasteiger partial charge in [-0.25, -0.2) is 4.79 Å². The zero-order valence-corrected chi connectivity index (χ0v) is 44.7. The molecule has 3 unspecified atom stereocenters. The molecule has 2 bridgehead atoms. The molecule has 396 valence electrons. The predicted octanol–water partition coefficient (Wildman–Crippen LogP) is 7.67. The fourth-order valence-electron chi connectivity index (χ4n) is 10.5. The third kappa shape index (κ3) is 15.9. The lowest BCUT2D eigenvalue weighted by atomic mass is 9.78. The lowest BCUT2D eigenvalue weighted by molar-refractivity contribution is -0.265. The van der Waals surface area contributed by atoms with Crippen molar-refractivity contribution in [1.29, 1.82) is 0 Å². The number of cyclic esters (lactones) is 1. The van der Waals surface area contributed by atoms with Crippen molar-refractivity contribution in [2.45, 2.75) is 180 Å². The molecule has 1 saturated carbocycles. The summed E-state index contributed by atoms with van der Waals surface area (Å²) in [6, 6.07) is -1.17. The van der Waals surface area contributed by atoms with E-state index >= 15 is 0 Å². The molecule has 0 aromatic heterocycles. The van der Waals surface area contributed by atoms with E-state index in [1.54, 1.807) is 41.1 Å². The second-order valence-corrected chi connectivity index (χ2v) is 22.7. The first-order valence-corrected chi connectivity index (χ1v) is 27.3. The van der Waals surface area contributed by atoms with Crippen molar-refractivity contribution in [3.05, 3.63) is 47.6 Å². The first kappa shape index (κ1) is 59.4. The van der Waals surface area contributed by atoms with Gasteiger partial charge >= 0.3 is 13.6 Å². The molecule has 1 amide bonds. The predicted molar refractivity (Wildman–Crippen MR) is 265 cm³/mol.